The molecular weight excluding hydrogens is 803 g/mol. The Morgan fingerprint density at radius 3 is 2.44 bits per heavy atom. The summed E-state index contributed by atoms with van der Waals surface area (Å²) in [7, 11) is 5.95. The highest BCUT2D eigenvalue weighted by Crippen LogP contribution is 2.45. The number of aromatic nitrogens is 4. The monoisotopic (exact) mass is 846 g/mol. The number of rotatable bonds is 10. The molecular formula is C34H44BrIN10OS. The van der Waals surface area contributed by atoms with Gasteiger partial charge in [-0.3, -0.25) is 18.0 Å². The molecule has 2 aromatic carbocycles. The van der Waals surface area contributed by atoms with E-state index in [2.05, 4.69) is 111 Å². The van der Waals surface area contributed by atoms with Crippen LogP contribution in [0.2, 0.25) is 0 Å². The highest BCUT2D eigenvalue weighted by atomic mass is 127. The molecule has 4 heterocycles. The van der Waals surface area contributed by atoms with Crippen LogP contribution < -0.4 is 22.0 Å². The van der Waals surface area contributed by atoms with Crippen LogP contribution in [0.15, 0.2) is 47.3 Å². The normalized spacial score (nSPS) is 16.4. The van der Waals surface area contributed by atoms with E-state index in [0.717, 1.165) is 63.8 Å². The van der Waals surface area contributed by atoms with Crippen LogP contribution in [0.25, 0.3) is 11.0 Å². The van der Waals surface area contributed by atoms with Crippen LogP contribution in [0, 0.1) is 6.92 Å². The number of fused-ring (bicyclic) bond motifs is 1. The van der Waals surface area contributed by atoms with Crippen molar-refractivity contribution >= 4 is 96.3 Å². The minimum Gasteiger partial charge on any atom is -0.494 e. The molecule has 11 nitrogen and oxygen atoms in total. The maximum atomic E-state index is 6.00. The number of benzene rings is 2. The van der Waals surface area contributed by atoms with E-state index in [1.807, 2.05) is 24.2 Å². The van der Waals surface area contributed by atoms with Gasteiger partial charge in [-0.1, -0.05) is 11.9 Å². The summed E-state index contributed by atoms with van der Waals surface area (Å²) in [5.41, 5.74) is 7.01. The molecule has 256 valence electrons. The van der Waals surface area contributed by atoms with Gasteiger partial charge in [0.05, 0.1) is 57.0 Å². The number of piperidine rings is 1. The molecule has 0 atom stereocenters. The molecule has 48 heavy (non-hydrogen) atoms. The van der Waals surface area contributed by atoms with E-state index in [-0.39, 0.29) is 0 Å². The Morgan fingerprint density at radius 2 is 1.75 bits per heavy atom. The van der Waals surface area contributed by atoms with Crippen LogP contribution >= 0.6 is 50.7 Å². The quantitative estimate of drug-likeness (QED) is 0.0931. The van der Waals surface area contributed by atoms with Crippen LogP contribution in [-0.4, -0.2) is 109 Å². The van der Waals surface area contributed by atoms with Crippen molar-refractivity contribution in [1.82, 2.24) is 29.7 Å². The zero-order chi connectivity index (χ0) is 33.9. The van der Waals surface area contributed by atoms with Crippen molar-refractivity contribution in [2.24, 2.45) is 0 Å². The Labute approximate surface area is 310 Å². The van der Waals surface area contributed by atoms with Crippen LogP contribution in [0.3, 0.4) is 0 Å². The Balaban J connectivity index is 1.26. The largest absolute Gasteiger partial charge is 0.494 e. The van der Waals surface area contributed by atoms with Crippen molar-refractivity contribution in [2.75, 3.05) is 90.5 Å². The van der Waals surface area contributed by atoms with Gasteiger partial charge in [-0.05, 0) is 73.4 Å². The summed E-state index contributed by atoms with van der Waals surface area (Å²) in [4.78, 5) is 28.7. The van der Waals surface area contributed by atoms with Crippen molar-refractivity contribution in [2.45, 2.75) is 32.7 Å². The van der Waals surface area contributed by atoms with Gasteiger partial charge in [0.15, 0.2) is 5.82 Å². The molecule has 2 saturated heterocycles. The fourth-order valence-electron chi connectivity index (χ4n) is 6.75. The minimum absolute atomic E-state index is 0.563. The fourth-order valence-corrected chi connectivity index (χ4v) is 8.83. The van der Waals surface area contributed by atoms with Gasteiger partial charge in [-0.25, -0.2) is 4.98 Å². The fraction of sp³-hybridized carbons (Fsp3) is 0.471. The van der Waals surface area contributed by atoms with Crippen molar-refractivity contribution in [3.05, 3.63) is 52.9 Å². The molecule has 4 aromatic rings. The van der Waals surface area contributed by atoms with E-state index in [0.29, 0.717) is 12.0 Å². The summed E-state index contributed by atoms with van der Waals surface area (Å²) >= 11 is 7.71. The van der Waals surface area contributed by atoms with E-state index in [1.54, 1.807) is 31.5 Å². The number of hydrogen-bond acceptors (Lipinski definition) is 12. The molecule has 0 radical (unpaired) electrons. The van der Waals surface area contributed by atoms with E-state index in [4.69, 9.17) is 19.7 Å². The van der Waals surface area contributed by atoms with E-state index >= 15 is 0 Å². The molecule has 0 saturated carbocycles. The summed E-state index contributed by atoms with van der Waals surface area (Å²) in [5.74, 6) is 2.09. The number of halogens is 2. The molecule has 0 amide bonds. The Bertz CT molecular complexity index is 1730. The Hall–Kier alpha value is -2.66. The third-order valence-electron chi connectivity index (χ3n) is 9.48. The molecule has 0 unspecified atom stereocenters. The van der Waals surface area contributed by atoms with E-state index in [1.165, 1.54) is 50.3 Å². The maximum absolute atomic E-state index is 6.00. The number of piperazine rings is 1. The first-order chi connectivity index (χ1) is 23.2. The first-order valence-corrected chi connectivity index (χ1v) is 19.3. The smallest absolute Gasteiger partial charge is 0.231 e. The summed E-state index contributed by atoms with van der Waals surface area (Å²) in [6.45, 7) is 11.9. The summed E-state index contributed by atoms with van der Waals surface area (Å²) in [6, 6.07) is 9.15. The van der Waals surface area contributed by atoms with Gasteiger partial charge in [0.1, 0.15) is 11.3 Å². The van der Waals surface area contributed by atoms with Crippen LogP contribution in [0.4, 0.5) is 34.5 Å². The lowest BCUT2D eigenvalue weighted by atomic mass is 10.0. The minimum atomic E-state index is 0.563. The van der Waals surface area contributed by atoms with Gasteiger partial charge < -0.3 is 23.7 Å². The van der Waals surface area contributed by atoms with Crippen LogP contribution in [-0.2, 0) is 0 Å². The van der Waals surface area contributed by atoms with Gasteiger partial charge in [-0.15, -0.1) is 0 Å². The molecule has 14 heteroatoms. The molecule has 2 aromatic heterocycles. The molecule has 0 aliphatic carbocycles. The number of anilines is 6. The van der Waals surface area contributed by atoms with Crippen molar-refractivity contribution in [3.63, 3.8) is 0 Å². The zero-order valence-corrected chi connectivity index (χ0v) is 33.1. The lowest BCUT2D eigenvalue weighted by molar-refractivity contribution is 0.0982. The third-order valence-corrected chi connectivity index (χ3v) is 11.9. The number of likely N-dealkylation sites (N-methyl/N-ethyl adjacent to an activating group) is 1. The number of hydrogen-bond donors (Lipinski definition) is 0. The van der Waals surface area contributed by atoms with Crippen molar-refractivity contribution in [1.29, 1.82) is 0 Å². The maximum Gasteiger partial charge on any atom is 0.231 e. The number of aryl methyl sites for hydroxylation is 1. The van der Waals surface area contributed by atoms with Crippen molar-refractivity contribution in [3.8, 4) is 5.75 Å². The first kappa shape index (κ1) is 35.2. The topological polar surface area (TPSA) is 80.2 Å². The predicted molar refractivity (Wildman–Crippen MR) is 212 cm³/mol. The standard InChI is InChI=1S/C34H44BrIN10OS/c1-7-45(48-6)32-27(9-8-26-31(32)38-13-12-37-26)46(36)33-25(35)22-39-34(40-33)42(4)29-20-23(2)28(21-30(29)47-5)44-14-10-24(11-15-44)43-18-16-41(3)17-19-43/h8-9,12-13,20-22,24H,7,10-11,14-19H2,1-6H3. The van der Waals surface area contributed by atoms with Gasteiger partial charge in [0.25, 0.3) is 0 Å². The molecule has 6 rings (SSSR count). The van der Waals surface area contributed by atoms with E-state index < -0.39 is 0 Å². The average molecular weight is 848 g/mol. The number of ether oxygens (including phenoxy) is 1. The molecule has 2 aliphatic heterocycles. The zero-order valence-electron chi connectivity index (χ0n) is 28.5. The Morgan fingerprint density at radius 1 is 1.02 bits per heavy atom. The summed E-state index contributed by atoms with van der Waals surface area (Å²) in [6.07, 6.45) is 9.73. The van der Waals surface area contributed by atoms with E-state index in [9.17, 15) is 0 Å². The average Bonchev–Trinajstić information content (AvgIpc) is 3.12. The number of nitrogens with zero attached hydrogens (tertiary/aromatic N) is 10. The highest BCUT2D eigenvalue weighted by Gasteiger charge is 2.29. The summed E-state index contributed by atoms with van der Waals surface area (Å²) < 4.78 is 11.1. The van der Waals surface area contributed by atoms with Crippen molar-refractivity contribution < 1.29 is 4.74 Å². The van der Waals surface area contributed by atoms with Crippen LogP contribution in [0.1, 0.15) is 25.3 Å². The first-order valence-electron chi connectivity index (χ1n) is 16.4. The second-order valence-electron chi connectivity index (χ2n) is 12.3. The predicted octanol–water partition coefficient (Wildman–Crippen LogP) is 7.08. The second kappa shape index (κ2) is 15.5. The lowest BCUT2D eigenvalue weighted by Gasteiger charge is -2.43. The van der Waals surface area contributed by atoms with Gasteiger partial charge in [-0.2, -0.15) is 4.98 Å². The molecule has 0 spiro atoms. The number of methoxy groups -OCH3 is 1. The van der Waals surface area contributed by atoms with Gasteiger partial charge >= 0.3 is 0 Å². The third kappa shape index (κ3) is 7.14. The highest BCUT2D eigenvalue weighted by molar-refractivity contribution is 14.1. The van der Waals surface area contributed by atoms with Gasteiger partial charge in [0.2, 0.25) is 5.95 Å². The molecule has 0 N–H and O–H groups in total. The second-order valence-corrected chi connectivity index (χ2v) is 14.9. The lowest BCUT2D eigenvalue weighted by Crippen LogP contribution is -2.52. The molecule has 0 bridgehead atoms. The van der Waals surface area contributed by atoms with Gasteiger partial charge in [0, 0.05) is 95.5 Å². The SMILES string of the molecule is CCN(SC)c1c(N(I)c2nc(N(C)c3cc(C)c(N4CCC(N5CCN(C)CC5)CC4)cc3OC)ncc2Br)ccc2nccnc12. The summed E-state index contributed by atoms with van der Waals surface area (Å²) in [5, 5.41) is 0. The van der Waals surface area contributed by atoms with Crippen LogP contribution in [0.5, 0.6) is 5.75 Å². The Kier molecular flexibility index (Phi) is 11.3. The molecule has 2 fully saturated rings. The molecule has 2 aliphatic rings.